The van der Waals surface area contributed by atoms with Crippen molar-refractivity contribution in [3.63, 3.8) is 0 Å². The van der Waals surface area contributed by atoms with Crippen LogP contribution in [0, 0.1) is 5.82 Å². The molecule has 1 aromatic carbocycles. The number of nitrogens with zero attached hydrogens (tertiary/aromatic N) is 5. The van der Waals surface area contributed by atoms with Gasteiger partial charge in [-0.05, 0) is 32.4 Å². The van der Waals surface area contributed by atoms with Crippen molar-refractivity contribution in [1.29, 1.82) is 0 Å². The van der Waals surface area contributed by atoms with Gasteiger partial charge in [0.1, 0.15) is 17.4 Å². The highest BCUT2D eigenvalue weighted by atomic mass is 35.5. The molecule has 36 heavy (non-hydrogen) atoms. The van der Waals surface area contributed by atoms with Crippen LogP contribution in [-0.2, 0) is 14.8 Å². The van der Waals surface area contributed by atoms with E-state index in [4.69, 9.17) is 16.3 Å². The highest BCUT2D eigenvalue weighted by Crippen LogP contribution is 2.37. The van der Waals surface area contributed by atoms with Crippen molar-refractivity contribution in [3.05, 3.63) is 35.0 Å². The average Bonchev–Trinajstić information content (AvgIpc) is 3.14. The SMILES string of the molecule is CC(C)n1c(C2CCO2)nc2c(F)cc(-c3nc(N[C@@H]4CCN(S(C)(=O)=O)C[C@H]4O)ncc3Cl)cc21. The van der Waals surface area contributed by atoms with Crippen LogP contribution in [0.4, 0.5) is 10.3 Å². The van der Waals surface area contributed by atoms with E-state index in [1.54, 1.807) is 0 Å². The lowest BCUT2D eigenvalue weighted by Crippen LogP contribution is -2.51. The second-order valence-electron chi connectivity index (χ2n) is 9.53. The smallest absolute Gasteiger partial charge is 0.223 e. The van der Waals surface area contributed by atoms with Crippen LogP contribution in [0.3, 0.4) is 0 Å². The number of rotatable bonds is 6. The molecule has 3 aromatic rings. The van der Waals surface area contributed by atoms with Crippen molar-refractivity contribution >= 4 is 38.6 Å². The van der Waals surface area contributed by atoms with E-state index in [9.17, 15) is 13.5 Å². The van der Waals surface area contributed by atoms with Gasteiger partial charge in [0.15, 0.2) is 5.82 Å². The van der Waals surface area contributed by atoms with Crippen LogP contribution in [0.1, 0.15) is 44.7 Å². The molecule has 2 aliphatic rings. The predicted octanol–water partition coefficient (Wildman–Crippen LogP) is 3.13. The molecule has 0 saturated carbocycles. The number of hydrogen-bond acceptors (Lipinski definition) is 8. The Morgan fingerprint density at radius 3 is 2.64 bits per heavy atom. The molecule has 1 unspecified atom stereocenters. The van der Waals surface area contributed by atoms with Crippen molar-refractivity contribution in [2.24, 2.45) is 0 Å². The number of ether oxygens (including phenoxy) is 1. The second-order valence-corrected chi connectivity index (χ2v) is 11.9. The molecule has 2 saturated heterocycles. The normalized spacial score (nSPS) is 23.2. The molecule has 2 aromatic heterocycles. The molecular weight excluding hydrogens is 511 g/mol. The minimum absolute atomic E-state index is 0.0228. The van der Waals surface area contributed by atoms with Gasteiger partial charge in [-0.15, -0.1) is 0 Å². The third-order valence-electron chi connectivity index (χ3n) is 6.63. The zero-order valence-corrected chi connectivity index (χ0v) is 21.7. The summed E-state index contributed by atoms with van der Waals surface area (Å²) in [5, 5.41) is 13.8. The third-order valence-corrected chi connectivity index (χ3v) is 8.17. The highest BCUT2D eigenvalue weighted by molar-refractivity contribution is 7.88. The molecule has 0 amide bonds. The molecule has 2 fully saturated rings. The van der Waals surface area contributed by atoms with Gasteiger partial charge in [-0.3, -0.25) is 0 Å². The summed E-state index contributed by atoms with van der Waals surface area (Å²) < 4.78 is 47.7. The van der Waals surface area contributed by atoms with Crippen LogP contribution in [0.5, 0.6) is 0 Å². The molecule has 0 aliphatic carbocycles. The number of hydrogen-bond donors (Lipinski definition) is 2. The molecule has 5 rings (SSSR count). The van der Waals surface area contributed by atoms with Crippen LogP contribution in [0.25, 0.3) is 22.3 Å². The van der Waals surface area contributed by atoms with E-state index in [0.717, 1.165) is 12.7 Å². The van der Waals surface area contributed by atoms with Gasteiger partial charge in [0.05, 0.1) is 47.4 Å². The Balaban J connectivity index is 1.47. The fraction of sp³-hybridized carbons (Fsp3) is 0.522. The van der Waals surface area contributed by atoms with Crippen LogP contribution in [-0.4, -0.2) is 75.4 Å². The molecule has 0 radical (unpaired) electrons. The second kappa shape index (κ2) is 9.49. The summed E-state index contributed by atoms with van der Waals surface area (Å²) in [4.78, 5) is 13.3. The van der Waals surface area contributed by atoms with E-state index in [1.165, 1.54) is 16.6 Å². The Morgan fingerprint density at radius 2 is 2.03 bits per heavy atom. The Bertz CT molecular complexity index is 1410. The largest absolute Gasteiger partial charge is 0.390 e. The molecule has 2 N–H and O–H groups in total. The maximum absolute atomic E-state index is 15.3. The Kier molecular flexibility index (Phi) is 6.66. The lowest BCUT2D eigenvalue weighted by molar-refractivity contribution is -0.0599. The summed E-state index contributed by atoms with van der Waals surface area (Å²) >= 11 is 6.42. The average molecular weight is 539 g/mol. The van der Waals surface area contributed by atoms with E-state index >= 15 is 4.39 Å². The highest BCUT2D eigenvalue weighted by Gasteiger charge is 2.33. The third kappa shape index (κ3) is 4.68. The van der Waals surface area contributed by atoms with Crippen LogP contribution in [0.2, 0.25) is 5.02 Å². The number of aliphatic hydroxyl groups excluding tert-OH is 1. The monoisotopic (exact) mass is 538 g/mol. The summed E-state index contributed by atoms with van der Waals surface area (Å²) in [5.74, 6) is 0.413. The summed E-state index contributed by atoms with van der Waals surface area (Å²) in [6.45, 7) is 4.92. The molecule has 10 nitrogen and oxygen atoms in total. The molecule has 2 aliphatic heterocycles. The quantitative estimate of drug-likeness (QED) is 0.491. The first-order chi connectivity index (χ1) is 17.0. The molecule has 3 atom stereocenters. The van der Waals surface area contributed by atoms with Crippen LogP contribution >= 0.6 is 11.6 Å². The van der Waals surface area contributed by atoms with Gasteiger partial charge in [-0.1, -0.05) is 11.6 Å². The zero-order chi connectivity index (χ0) is 25.8. The maximum atomic E-state index is 15.3. The number of sulfonamides is 1. The zero-order valence-electron chi connectivity index (χ0n) is 20.1. The number of halogens is 2. The molecular formula is C23H28ClFN6O4S. The van der Waals surface area contributed by atoms with E-state index in [2.05, 4.69) is 20.3 Å². The summed E-state index contributed by atoms with van der Waals surface area (Å²) in [7, 11) is -3.39. The van der Waals surface area contributed by atoms with E-state index < -0.39 is 28.0 Å². The number of fused-ring (bicyclic) bond motifs is 1. The number of aliphatic hydroxyl groups is 1. The van der Waals surface area contributed by atoms with Gasteiger partial charge >= 0.3 is 0 Å². The Morgan fingerprint density at radius 1 is 1.28 bits per heavy atom. The summed E-state index contributed by atoms with van der Waals surface area (Å²) in [6, 6.07) is 2.73. The first-order valence-electron chi connectivity index (χ1n) is 11.8. The number of piperidine rings is 1. The standard InChI is InChI=1S/C23H28ClFN6O4S/c1-12(2)31-17-9-13(8-15(25)21(17)28-22(31)19-5-7-35-19)20-14(24)10-26-23(29-20)27-16-4-6-30(11-18(16)32)36(3,33)34/h8-10,12,16,18-19,32H,4-7,11H2,1-3H3,(H,26,27,29)/t16-,18-,19?/m1/s1. The van der Waals surface area contributed by atoms with Crippen molar-refractivity contribution in [3.8, 4) is 11.3 Å². The fourth-order valence-electron chi connectivity index (χ4n) is 4.69. The van der Waals surface area contributed by atoms with E-state index in [0.29, 0.717) is 35.6 Å². The van der Waals surface area contributed by atoms with Gasteiger partial charge in [0, 0.05) is 31.1 Å². The minimum Gasteiger partial charge on any atom is -0.390 e. The molecule has 4 heterocycles. The number of anilines is 1. The first-order valence-corrected chi connectivity index (χ1v) is 14.0. The van der Waals surface area contributed by atoms with Crippen LogP contribution in [0.15, 0.2) is 18.3 Å². The molecule has 13 heteroatoms. The van der Waals surface area contributed by atoms with Crippen molar-refractivity contribution in [1.82, 2.24) is 23.8 Å². The van der Waals surface area contributed by atoms with Gasteiger partial charge < -0.3 is 19.7 Å². The van der Waals surface area contributed by atoms with Crippen molar-refractivity contribution in [2.75, 3.05) is 31.3 Å². The predicted molar refractivity (Wildman–Crippen MR) is 134 cm³/mol. The number of aromatic nitrogens is 4. The fourth-order valence-corrected chi connectivity index (χ4v) is 5.75. The minimum atomic E-state index is -3.39. The molecule has 0 spiro atoms. The van der Waals surface area contributed by atoms with Gasteiger partial charge in [-0.25, -0.2) is 27.8 Å². The molecule has 0 bridgehead atoms. The van der Waals surface area contributed by atoms with E-state index in [1.807, 2.05) is 24.5 Å². The van der Waals surface area contributed by atoms with Gasteiger partial charge in [0.2, 0.25) is 16.0 Å². The van der Waals surface area contributed by atoms with Crippen molar-refractivity contribution in [2.45, 2.75) is 51.0 Å². The Labute approximate surface area is 213 Å². The topological polar surface area (TPSA) is 122 Å². The van der Waals surface area contributed by atoms with Gasteiger partial charge in [-0.2, -0.15) is 4.31 Å². The summed E-state index contributed by atoms with van der Waals surface area (Å²) in [5.41, 5.74) is 1.68. The van der Waals surface area contributed by atoms with Crippen molar-refractivity contribution < 1.29 is 22.7 Å². The number of nitrogens with one attached hydrogen (secondary N) is 1. The number of benzene rings is 1. The van der Waals surface area contributed by atoms with Gasteiger partial charge in [0.25, 0.3) is 0 Å². The lowest BCUT2D eigenvalue weighted by Gasteiger charge is -2.34. The lowest BCUT2D eigenvalue weighted by atomic mass is 10.0. The Hall–Kier alpha value is -2.38. The first kappa shape index (κ1) is 25.3. The molecule has 194 valence electrons. The number of β-amino-alcohol motifs (C(OH)–C–C–N with tert-alkyl or cyclic N) is 1. The number of imidazole rings is 1. The summed E-state index contributed by atoms with van der Waals surface area (Å²) in [6.07, 6.45) is 2.65. The maximum Gasteiger partial charge on any atom is 0.223 e. The van der Waals surface area contributed by atoms with Crippen LogP contribution < -0.4 is 5.32 Å². The van der Waals surface area contributed by atoms with E-state index in [-0.39, 0.29) is 41.7 Å².